The molecule has 1 aromatic carbocycles. The second-order valence-electron chi connectivity index (χ2n) is 5.88. The third-order valence-corrected chi connectivity index (χ3v) is 4.31. The molecule has 1 aliphatic heterocycles. The summed E-state index contributed by atoms with van der Waals surface area (Å²) in [6.45, 7) is 1.38. The van der Waals surface area contributed by atoms with Crippen LogP contribution in [0.2, 0.25) is 0 Å². The van der Waals surface area contributed by atoms with Crippen molar-refractivity contribution in [3.63, 3.8) is 0 Å². The summed E-state index contributed by atoms with van der Waals surface area (Å²) in [7, 11) is 1.68. The van der Waals surface area contributed by atoms with Crippen LogP contribution in [0.5, 0.6) is 0 Å². The highest BCUT2D eigenvalue weighted by molar-refractivity contribution is 5.92. The van der Waals surface area contributed by atoms with Crippen molar-refractivity contribution in [2.75, 3.05) is 20.3 Å². The highest BCUT2D eigenvalue weighted by Gasteiger charge is 2.59. The number of nitrogens with zero attached hydrogens (tertiary/aromatic N) is 1. The molecule has 1 N–H and O–H groups in total. The number of carbonyl (C=O) groups excluding carboxylic acids is 1. The topological polar surface area (TPSA) is 41.6 Å². The Morgan fingerprint density at radius 1 is 1.43 bits per heavy atom. The number of hydrogen-bond acceptors (Lipinski definition) is 3. The molecule has 1 unspecified atom stereocenters. The van der Waals surface area contributed by atoms with Crippen LogP contribution < -0.4 is 5.32 Å². The van der Waals surface area contributed by atoms with E-state index in [0.29, 0.717) is 13.2 Å². The van der Waals surface area contributed by atoms with Gasteiger partial charge in [0, 0.05) is 20.3 Å². The van der Waals surface area contributed by atoms with Crippen molar-refractivity contribution in [3.8, 4) is 0 Å². The summed E-state index contributed by atoms with van der Waals surface area (Å²) < 4.78 is 18.5. The Bertz CT molecular complexity index is 531. The van der Waals surface area contributed by atoms with Gasteiger partial charge in [0.15, 0.2) is 0 Å². The maximum absolute atomic E-state index is 13.5. The number of hydrogen-bond donors (Lipinski definition) is 1. The average Bonchev–Trinajstić information content (AvgIpc) is 3.20. The Hall–Kier alpha value is -1.46. The molecule has 2 aliphatic rings. The van der Waals surface area contributed by atoms with Crippen molar-refractivity contribution in [2.24, 2.45) is 0 Å². The second-order valence-corrected chi connectivity index (χ2v) is 5.88. The van der Waals surface area contributed by atoms with Gasteiger partial charge < -0.3 is 9.64 Å². The van der Waals surface area contributed by atoms with E-state index in [0.717, 1.165) is 31.2 Å². The first-order valence-electron chi connectivity index (χ1n) is 7.49. The maximum atomic E-state index is 13.5. The van der Waals surface area contributed by atoms with E-state index in [2.05, 4.69) is 5.32 Å². The second kappa shape index (κ2) is 5.73. The predicted molar refractivity (Wildman–Crippen MR) is 77.1 cm³/mol. The largest absolute Gasteiger partial charge is 0.385 e. The first-order chi connectivity index (χ1) is 10.2. The molecule has 4 nitrogen and oxygen atoms in total. The highest BCUT2D eigenvalue weighted by atomic mass is 19.1. The zero-order valence-electron chi connectivity index (χ0n) is 12.3. The average molecular weight is 292 g/mol. The van der Waals surface area contributed by atoms with Crippen LogP contribution in [-0.4, -0.2) is 36.6 Å². The highest BCUT2D eigenvalue weighted by Crippen LogP contribution is 2.45. The lowest BCUT2D eigenvalue weighted by Gasteiger charge is -2.24. The molecule has 1 heterocycles. The van der Waals surface area contributed by atoms with Gasteiger partial charge in [-0.05, 0) is 43.4 Å². The van der Waals surface area contributed by atoms with Crippen molar-refractivity contribution >= 4 is 5.91 Å². The fraction of sp³-hybridized carbons (Fsp3) is 0.562. The molecule has 1 spiro atoms. The Morgan fingerprint density at radius 3 is 2.90 bits per heavy atom. The molecule has 3 rings (SSSR count). The van der Waals surface area contributed by atoms with Crippen LogP contribution in [0.4, 0.5) is 4.39 Å². The molecule has 1 atom stereocenters. The van der Waals surface area contributed by atoms with Crippen molar-refractivity contribution in [2.45, 2.75) is 37.4 Å². The van der Waals surface area contributed by atoms with Gasteiger partial charge in [-0.25, -0.2) is 4.39 Å². The monoisotopic (exact) mass is 292 g/mol. The number of halogens is 1. The summed E-state index contributed by atoms with van der Waals surface area (Å²) in [4.78, 5) is 14.4. The molecule has 1 aromatic rings. The molecule has 0 aromatic heterocycles. The van der Waals surface area contributed by atoms with Crippen LogP contribution >= 0.6 is 0 Å². The lowest BCUT2D eigenvalue weighted by molar-refractivity contribution is -0.131. The minimum absolute atomic E-state index is 0.161. The van der Waals surface area contributed by atoms with Gasteiger partial charge in [0.1, 0.15) is 17.5 Å². The van der Waals surface area contributed by atoms with E-state index in [4.69, 9.17) is 4.74 Å². The van der Waals surface area contributed by atoms with Crippen LogP contribution in [0.3, 0.4) is 0 Å². The fourth-order valence-electron chi connectivity index (χ4n) is 2.98. The first kappa shape index (κ1) is 14.5. The van der Waals surface area contributed by atoms with Crippen LogP contribution in [0.15, 0.2) is 24.3 Å². The summed E-state index contributed by atoms with van der Waals surface area (Å²) >= 11 is 0. The number of amides is 1. The normalized spacial score (nSPS) is 23.0. The van der Waals surface area contributed by atoms with Crippen molar-refractivity contribution in [1.82, 2.24) is 10.2 Å². The van der Waals surface area contributed by atoms with E-state index >= 15 is 0 Å². The van der Waals surface area contributed by atoms with Crippen molar-refractivity contribution in [1.29, 1.82) is 0 Å². The van der Waals surface area contributed by atoms with E-state index in [1.54, 1.807) is 13.2 Å². The van der Waals surface area contributed by atoms with Gasteiger partial charge in [0.2, 0.25) is 5.91 Å². The summed E-state index contributed by atoms with van der Waals surface area (Å²) in [5.41, 5.74) is 0.442. The van der Waals surface area contributed by atoms with Crippen LogP contribution in [-0.2, 0) is 9.53 Å². The zero-order chi connectivity index (χ0) is 14.9. The maximum Gasteiger partial charge on any atom is 0.244 e. The molecule has 1 saturated carbocycles. The van der Waals surface area contributed by atoms with Gasteiger partial charge >= 0.3 is 0 Å². The van der Waals surface area contributed by atoms with E-state index < -0.39 is 0 Å². The van der Waals surface area contributed by atoms with Crippen LogP contribution in [0.25, 0.3) is 0 Å². The molecule has 0 radical (unpaired) electrons. The van der Waals surface area contributed by atoms with Gasteiger partial charge in [0.05, 0.1) is 0 Å². The Kier molecular flexibility index (Phi) is 3.95. The molecule has 0 bridgehead atoms. The minimum Gasteiger partial charge on any atom is -0.385 e. The van der Waals surface area contributed by atoms with Gasteiger partial charge in [0.25, 0.3) is 0 Å². The molecular formula is C16H21FN2O2. The van der Waals surface area contributed by atoms with E-state index in [9.17, 15) is 9.18 Å². The third kappa shape index (κ3) is 2.80. The number of unbranched alkanes of at least 4 members (excludes halogenated alkanes) is 1. The quantitative estimate of drug-likeness (QED) is 0.817. The van der Waals surface area contributed by atoms with Gasteiger partial charge in [-0.1, -0.05) is 12.1 Å². The Labute approximate surface area is 124 Å². The molecule has 1 aliphatic carbocycles. The molecule has 1 amide bonds. The van der Waals surface area contributed by atoms with Crippen molar-refractivity contribution < 1.29 is 13.9 Å². The fourth-order valence-corrected chi connectivity index (χ4v) is 2.98. The number of benzene rings is 1. The third-order valence-electron chi connectivity index (χ3n) is 4.31. The van der Waals surface area contributed by atoms with E-state index in [1.165, 1.54) is 12.1 Å². The lowest BCUT2D eigenvalue weighted by atomic mass is 10.1. The number of ether oxygens (including phenoxy) is 1. The van der Waals surface area contributed by atoms with Gasteiger partial charge in [-0.2, -0.15) is 0 Å². The van der Waals surface area contributed by atoms with Gasteiger partial charge in [-0.3, -0.25) is 10.1 Å². The standard InChI is InChI=1S/C16H21FN2O2/c1-21-10-3-2-9-19-14(12-5-4-6-13(17)11-12)18-16(7-8-16)15(19)20/h4-6,11,14,18H,2-3,7-10H2,1H3. The SMILES string of the molecule is COCCCCN1C(=O)C2(CC2)NC1c1cccc(F)c1. The molecule has 5 heteroatoms. The van der Waals surface area contributed by atoms with Crippen LogP contribution in [0, 0.1) is 5.82 Å². The number of methoxy groups -OCH3 is 1. The Morgan fingerprint density at radius 2 is 2.24 bits per heavy atom. The number of carbonyl (C=O) groups is 1. The van der Waals surface area contributed by atoms with Crippen LogP contribution in [0.1, 0.15) is 37.4 Å². The van der Waals surface area contributed by atoms with Crippen molar-refractivity contribution in [3.05, 3.63) is 35.6 Å². The molecule has 21 heavy (non-hydrogen) atoms. The number of nitrogens with one attached hydrogen (secondary N) is 1. The molecule has 1 saturated heterocycles. The first-order valence-corrected chi connectivity index (χ1v) is 7.49. The summed E-state index contributed by atoms with van der Waals surface area (Å²) in [6, 6.07) is 6.50. The van der Waals surface area contributed by atoms with Gasteiger partial charge in [-0.15, -0.1) is 0 Å². The smallest absolute Gasteiger partial charge is 0.244 e. The van der Waals surface area contributed by atoms with E-state index in [-0.39, 0.29) is 23.4 Å². The minimum atomic E-state index is -0.377. The summed E-state index contributed by atoms with van der Waals surface area (Å²) in [5, 5.41) is 3.40. The molecule has 2 fully saturated rings. The summed E-state index contributed by atoms with van der Waals surface area (Å²) in [5.74, 6) is -0.105. The predicted octanol–water partition coefficient (Wildman–Crippen LogP) is 2.22. The molecular weight excluding hydrogens is 271 g/mol. The summed E-state index contributed by atoms with van der Waals surface area (Å²) in [6.07, 6.45) is 3.36. The van der Waals surface area contributed by atoms with E-state index in [1.807, 2.05) is 11.0 Å². The number of rotatable bonds is 6. The molecule has 114 valence electrons. The Balaban J connectivity index is 1.75. The zero-order valence-corrected chi connectivity index (χ0v) is 12.3. The lowest BCUT2D eigenvalue weighted by Crippen LogP contribution is -2.33.